The van der Waals surface area contributed by atoms with Crippen molar-refractivity contribution in [2.24, 2.45) is 4.99 Å². The number of hydrogen-bond donors (Lipinski definition) is 1. The minimum absolute atomic E-state index is 0.489. The summed E-state index contributed by atoms with van der Waals surface area (Å²) in [5.41, 5.74) is 0. The molecule has 2 rings (SSSR count). The van der Waals surface area contributed by atoms with Crippen LogP contribution in [0.25, 0.3) is 0 Å². The van der Waals surface area contributed by atoms with Gasteiger partial charge in [-0.25, -0.2) is 0 Å². The van der Waals surface area contributed by atoms with Crippen molar-refractivity contribution in [3.8, 4) is 0 Å². The first-order valence-electron chi connectivity index (χ1n) is 8.96. The molecule has 1 saturated carbocycles. The van der Waals surface area contributed by atoms with Crippen molar-refractivity contribution in [3.05, 3.63) is 0 Å². The average molecular weight is 343 g/mol. The Bertz CT molecular complexity index is 366. The lowest BCUT2D eigenvalue weighted by Gasteiger charge is -2.45. The number of nitrogens with zero attached hydrogens (tertiary/aromatic N) is 3. The Morgan fingerprint density at radius 1 is 1.30 bits per heavy atom. The third-order valence-electron chi connectivity index (χ3n) is 4.98. The van der Waals surface area contributed by atoms with Gasteiger partial charge < -0.3 is 19.9 Å². The molecule has 0 aromatic heterocycles. The molecule has 0 bridgehead atoms. The molecule has 2 fully saturated rings. The molecule has 5 nitrogen and oxygen atoms in total. The Morgan fingerprint density at radius 3 is 2.78 bits per heavy atom. The van der Waals surface area contributed by atoms with Crippen LogP contribution in [-0.4, -0.2) is 86.8 Å². The summed E-state index contributed by atoms with van der Waals surface area (Å²) >= 11 is 2.21. The average Bonchev–Trinajstić information content (AvgIpc) is 2.57. The zero-order valence-corrected chi connectivity index (χ0v) is 16.0. The number of thioether (sulfide) groups is 1. The zero-order chi connectivity index (χ0) is 16.5. The number of likely N-dealkylation sites (N-methyl/N-ethyl adjacent to an activating group) is 1. The number of guanidine groups is 1. The van der Waals surface area contributed by atoms with E-state index in [0.717, 1.165) is 45.3 Å². The van der Waals surface area contributed by atoms with Crippen molar-refractivity contribution in [2.45, 2.75) is 36.9 Å². The van der Waals surface area contributed by atoms with Crippen LogP contribution in [-0.2, 0) is 4.74 Å². The summed E-state index contributed by atoms with van der Waals surface area (Å²) in [6.07, 6.45) is 6.98. The first kappa shape index (κ1) is 18.9. The highest BCUT2D eigenvalue weighted by molar-refractivity contribution is 8.00. The number of rotatable bonds is 6. The van der Waals surface area contributed by atoms with E-state index in [1.165, 1.54) is 37.9 Å². The Hall–Kier alpha value is -0.460. The highest BCUT2D eigenvalue weighted by atomic mass is 32.2. The van der Waals surface area contributed by atoms with Crippen molar-refractivity contribution in [2.75, 3.05) is 66.3 Å². The topological polar surface area (TPSA) is 40.1 Å². The molecule has 1 heterocycles. The van der Waals surface area contributed by atoms with Crippen molar-refractivity contribution < 1.29 is 4.74 Å². The molecule has 2 aliphatic rings. The van der Waals surface area contributed by atoms with Crippen molar-refractivity contribution in [1.82, 2.24) is 15.1 Å². The normalized spacial score (nSPS) is 21.9. The Morgan fingerprint density at radius 2 is 2.09 bits per heavy atom. The van der Waals surface area contributed by atoms with Gasteiger partial charge in [0, 0.05) is 57.4 Å². The maximum Gasteiger partial charge on any atom is 0.193 e. The monoisotopic (exact) mass is 342 g/mol. The van der Waals surface area contributed by atoms with Crippen LogP contribution < -0.4 is 5.32 Å². The molecule has 0 amide bonds. The Balaban J connectivity index is 1.78. The van der Waals surface area contributed by atoms with E-state index in [-0.39, 0.29) is 0 Å². The van der Waals surface area contributed by atoms with Crippen LogP contribution in [0.5, 0.6) is 0 Å². The van der Waals surface area contributed by atoms with Crippen molar-refractivity contribution >= 4 is 17.7 Å². The van der Waals surface area contributed by atoms with Crippen LogP contribution in [0, 0.1) is 0 Å². The van der Waals surface area contributed by atoms with E-state index in [1.807, 2.05) is 7.05 Å². The molecule has 1 saturated heterocycles. The van der Waals surface area contributed by atoms with Crippen LogP contribution >= 0.6 is 11.8 Å². The second-order valence-electron chi connectivity index (χ2n) is 6.78. The molecular weight excluding hydrogens is 308 g/mol. The number of hydrogen-bond acceptors (Lipinski definition) is 4. The SMILES string of the molecule is CN=C(NCCN(C)CCOC)N1CCSC2(CCCCC2)C1. The van der Waals surface area contributed by atoms with Crippen molar-refractivity contribution in [1.29, 1.82) is 0 Å². The fourth-order valence-electron chi connectivity index (χ4n) is 3.57. The first-order valence-corrected chi connectivity index (χ1v) is 9.95. The predicted molar refractivity (Wildman–Crippen MR) is 101 cm³/mol. The summed E-state index contributed by atoms with van der Waals surface area (Å²) in [4.78, 5) is 9.30. The second kappa shape index (κ2) is 9.74. The highest BCUT2D eigenvalue weighted by Gasteiger charge is 2.38. The van der Waals surface area contributed by atoms with Gasteiger partial charge in [0.2, 0.25) is 0 Å². The van der Waals surface area contributed by atoms with Crippen LogP contribution in [0.2, 0.25) is 0 Å². The minimum atomic E-state index is 0.489. The van der Waals surface area contributed by atoms with E-state index in [0.29, 0.717) is 4.75 Å². The lowest BCUT2D eigenvalue weighted by Crippen LogP contribution is -2.54. The highest BCUT2D eigenvalue weighted by Crippen LogP contribution is 2.42. The van der Waals surface area contributed by atoms with Gasteiger partial charge in [0.25, 0.3) is 0 Å². The van der Waals surface area contributed by atoms with Crippen molar-refractivity contribution in [3.63, 3.8) is 0 Å². The summed E-state index contributed by atoms with van der Waals surface area (Å²) in [7, 11) is 5.80. The molecule has 0 radical (unpaired) electrons. The quantitative estimate of drug-likeness (QED) is 0.590. The largest absolute Gasteiger partial charge is 0.383 e. The molecule has 134 valence electrons. The molecule has 1 aliphatic heterocycles. The molecule has 1 N–H and O–H groups in total. The van der Waals surface area contributed by atoms with Gasteiger partial charge in [-0.2, -0.15) is 11.8 Å². The zero-order valence-electron chi connectivity index (χ0n) is 15.1. The maximum absolute atomic E-state index is 5.12. The molecule has 23 heavy (non-hydrogen) atoms. The van der Waals surface area contributed by atoms with Gasteiger partial charge in [0.05, 0.1) is 6.61 Å². The molecule has 1 spiro atoms. The lowest BCUT2D eigenvalue weighted by atomic mass is 9.87. The summed E-state index contributed by atoms with van der Waals surface area (Å²) in [5.74, 6) is 2.31. The maximum atomic E-state index is 5.12. The molecular formula is C17H34N4OS. The second-order valence-corrected chi connectivity index (χ2v) is 8.35. The van der Waals surface area contributed by atoms with Gasteiger partial charge in [-0.1, -0.05) is 19.3 Å². The number of aliphatic imine (C=N–C) groups is 1. The Kier molecular flexibility index (Phi) is 7.99. The summed E-state index contributed by atoms with van der Waals surface area (Å²) in [6.45, 7) is 5.99. The van der Waals surface area contributed by atoms with Gasteiger partial charge in [-0.05, 0) is 19.9 Å². The fraction of sp³-hybridized carbons (Fsp3) is 0.941. The van der Waals surface area contributed by atoms with E-state index in [4.69, 9.17) is 4.74 Å². The number of nitrogens with one attached hydrogen (secondary N) is 1. The van der Waals surface area contributed by atoms with E-state index < -0.39 is 0 Å². The molecule has 6 heteroatoms. The molecule has 1 aliphatic carbocycles. The standard InChI is InChI=1S/C17H34N4OS/c1-18-16(19-9-10-20(2)11-13-22-3)21-12-14-23-17(15-21)7-5-4-6-8-17/h4-15H2,1-3H3,(H,18,19). The van der Waals surface area contributed by atoms with Crippen LogP contribution in [0.4, 0.5) is 0 Å². The van der Waals surface area contributed by atoms with E-state index in [1.54, 1.807) is 7.11 Å². The van der Waals surface area contributed by atoms with Crippen LogP contribution in [0.1, 0.15) is 32.1 Å². The number of ether oxygens (including phenoxy) is 1. The van der Waals surface area contributed by atoms with E-state index >= 15 is 0 Å². The van der Waals surface area contributed by atoms with Gasteiger partial charge in [0.1, 0.15) is 0 Å². The summed E-state index contributed by atoms with van der Waals surface area (Å²) < 4.78 is 5.61. The van der Waals surface area contributed by atoms with Gasteiger partial charge in [-0.15, -0.1) is 0 Å². The smallest absolute Gasteiger partial charge is 0.193 e. The molecule has 0 aromatic carbocycles. The summed E-state index contributed by atoms with van der Waals surface area (Å²) in [6, 6.07) is 0. The van der Waals surface area contributed by atoms with Gasteiger partial charge in [0.15, 0.2) is 5.96 Å². The predicted octanol–water partition coefficient (Wildman–Crippen LogP) is 1.89. The number of methoxy groups -OCH3 is 1. The van der Waals surface area contributed by atoms with Crippen LogP contribution in [0.15, 0.2) is 4.99 Å². The Labute approximate surface area is 146 Å². The van der Waals surface area contributed by atoms with Gasteiger partial charge >= 0.3 is 0 Å². The van der Waals surface area contributed by atoms with Gasteiger partial charge in [-0.3, -0.25) is 4.99 Å². The van der Waals surface area contributed by atoms with E-state index in [2.05, 4.69) is 38.9 Å². The molecule has 0 atom stereocenters. The molecule has 0 aromatic rings. The lowest BCUT2D eigenvalue weighted by molar-refractivity contribution is 0.162. The minimum Gasteiger partial charge on any atom is -0.383 e. The third kappa shape index (κ3) is 5.84. The fourth-order valence-corrected chi connectivity index (χ4v) is 5.14. The van der Waals surface area contributed by atoms with E-state index in [9.17, 15) is 0 Å². The third-order valence-corrected chi connectivity index (χ3v) is 6.51. The van der Waals surface area contributed by atoms with Crippen LogP contribution in [0.3, 0.4) is 0 Å². The summed E-state index contributed by atoms with van der Waals surface area (Å²) in [5, 5.41) is 3.55. The molecule has 0 unspecified atom stereocenters. The first-order chi connectivity index (χ1) is 11.2.